The van der Waals surface area contributed by atoms with Crippen molar-refractivity contribution < 1.29 is 36.2 Å². The molecule has 188 valence electrons. The fourth-order valence-corrected chi connectivity index (χ4v) is 5.84. The van der Waals surface area contributed by atoms with Crippen molar-refractivity contribution in [1.82, 2.24) is 3.97 Å². The summed E-state index contributed by atoms with van der Waals surface area (Å²) < 4.78 is 69.9. The van der Waals surface area contributed by atoms with Gasteiger partial charge in [-0.25, -0.2) is 12.4 Å². The predicted molar refractivity (Wildman–Crippen MR) is 129 cm³/mol. The third kappa shape index (κ3) is 5.19. The molecule has 3 aromatic carbocycles. The second-order valence-corrected chi connectivity index (χ2v) is 10.2. The molecule has 0 aliphatic rings. The third-order valence-corrected chi connectivity index (χ3v) is 7.70. The lowest BCUT2D eigenvalue weighted by Gasteiger charge is -2.14. The van der Waals surface area contributed by atoms with E-state index in [-0.39, 0.29) is 23.5 Å². The lowest BCUT2D eigenvalue weighted by molar-refractivity contribution is -0.274. The van der Waals surface area contributed by atoms with Gasteiger partial charge in [0.25, 0.3) is 10.0 Å². The van der Waals surface area contributed by atoms with Crippen LogP contribution in [0.3, 0.4) is 0 Å². The minimum absolute atomic E-state index is 0.00717. The average Bonchev–Trinajstić information content (AvgIpc) is 3.16. The Bertz CT molecular complexity index is 1560. The molecule has 6 nitrogen and oxygen atoms in total. The van der Waals surface area contributed by atoms with E-state index < -0.39 is 22.4 Å². The summed E-state index contributed by atoms with van der Waals surface area (Å²) in [6.07, 6.45) is -3.50. The molecular weight excluding hydrogens is 519 g/mol. The second kappa shape index (κ2) is 9.51. The highest BCUT2D eigenvalue weighted by Gasteiger charge is 2.31. The van der Waals surface area contributed by atoms with Crippen LogP contribution in [0.1, 0.15) is 17.5 Å². The molecule has 1 N–H and O–H groups in total. The van der Waals surface area contributed by atoms with Crippen molar-refractivity contribution in [2.75, 3.05) is 0 Å². The standard InChI is InChI=1S/C25H19ClF3NO5S/c1-15-20(16-5-9-19(10-6-16)35-25(27,28)29)3-2-4-23(15)36(33,34)30-14-17(7-12-24(31)32)21-13-18(26)8-11-22(21)30/h2-6,8-11,13-14H,7,12H2,1H3,(H,31,32). The average molecular weight is 538 g/mol. The van der Waals surface area contributed by atoms with Crippen molar-refractivity contribution in [2.45, 2.75) is 31.0 Å². The number of fused-ring (bicyclic) bond motifs is 1. The smallest absolute Gasteiger partial charge is 0.481 e. The molecule has 0 spiro atoms. The van der Waals surface area contributed by atoms with Gasteiger partial charge in [-0.2, -0.15) is 0 Å². The third-order valence-electron chi connectivity index (χ3n) is 5.64. The van der Waals surface area contributed by atoms with Crippen LogP contribution in [-0.2, 0) is 21.2 Å². The maximum atomic E-state index is 13.8. The molecule has 4 rings (SSSR count). The first kappa shape index (κ1) is 25.6. The van der Waals surface area contributed by atoms with E-state index in [0.29, 0.717) is 38.2 Å². The Kier molecular flexibility index (Phi) is 6.76. The maximum absolute atomic E-state index is 13.8. The van der Waals surface area contributed by atoms with Crippen LogP contribution in [0.5, 0.6) is 5.75 Å². The summed E-state index contributed by atoms with van der Waals surface area (Å²) in [4.78, 5) is 11.1. The summed E-state index contributed by atoms with van der Waals surface area (Å²) in [7, 11) is -4.14. The van der Waals surface area contributed by atoms with Crippen molar-refractivity contribution in [3.63, 3.8) is 0 Å². The number of aliphatic carboxylic acids is 1. The summed E-state index contributed by atoms with van der Waals surface area (Å²) in [6, 6.07) is 14.5. The molecule has 1 aromatic heterocycles. The molecule has 11 heteroatoms. The number of hydrogen-bond donors (Lipinski definition) is 1. The molecule has 0 atom stereocenters. The highest BCUT2D eigenvalue weighted by molar-refractivity contribution is 7.90. The second-order valence-electron chi connectivity index (χ2n) is 8.01. The molecule has 0 fully saturated rings. The van der Waals surface area contributed by atoms with Crippen LogP contribution < -0.4 is 4.74 Å². The number of carboxylic acid groups (broad SMARTS) is 1. The van der Waals surface area contributed by atoms with Crippen molar-refractivity contribution in [1.29, 1.82) is 0 Å². The summed E-state index contributed by atoms with van der Waals surface area (Å²) in [5.74, 6) is -1.41. The van der Waals surface area contributed by atoms with Gasteiger partial charge in [-0.3, -0.25) is 4.79 Å². The molecule has 4 aromatic rings. The van der Waals surface area contributed by atoms with Crippen molar-refractivity contribution in [2.24, 2.45) is 0 Å². The number of alkyl halides is 3. The Morgan fingerprint density at radius 2 is 1.78 bits per heavy atom. The van der Waals surface area contributed by atoms with Crippen molar-refractivity contribution in [3.8, 4) is 16.9 Å². The van der Waals surface area contributed by atoms with Crippen LogP contribution in [0.2, 0.25) is 5.02 Å². The zero-order chi connectivity index (χ0) is 26.3. The van der Waals surface area contributed by atoms with E-state index in [1.807, 2.05) is 0 Å². The summed E-state index contributed by atoms with van der Waals surface area (Å²) in [5, 5.41) is 9.99. The van der Waals surface area contributed by atoms with Crippen LogP contribution in [-0.4, -0.2) is 29.8 Å². The van der Waals surface area contributed by atoms with E-state index in [1.54, 1.807) is 37.3 Å². The first-order valence-corrected chi connectivity index (χ1v) is 12.4. The van der Waals surface area contributed by atoms with E-state index in [0.717, 1.165) is 16.1 Å². The van der Waals surface area contributed by atoms with E-state index >= 15 is 0 Å². The van der Waals surface area contributed by atoms with Crippen LogP contribution in [0.4, 0.5) is 13.2 Å². The Morgan fingerprint density at radius 3 is 2.42 bits per heavy atom. The quantitative estimate of drug-likeness (QED) is 0.294. The number of hydrogen-bond acceptors (Lipinski definition) is 4. The molecule has 1 heterocycles. The minimum atomic E-state index is -4.82. The Morgan fingerprint density at radius 1 is 1.08 bits per heavy atom. The fourth-order valence-electron chi connectivity index (χ4n) is 4.03. The highest BCUT2D eigenvalue weighted by Crippen LogP contribution is 2.34. The van der Waals surface area contributed by atoms with E-state index in [4.69, 9.17) is 16.7 Å². The number of benzene rings is 3. The predicted octanol–water partition coefficient (Wildman–Crippen LogP) is 6.42. The number of rotatable bonds is 7. The number of ether oxygens (including phenoxy) is 1. The summed E-state index contributed by atoms with van der Waals surface area (Å²) in [5.41, 5.74) is 2.28. The molecule has 36 heavy (non-hydrogen) atoms. The normalized spacial score (nSPS) is 12.1. The molecule has 0 bridgehead atoms. The monoisotopic (exact) mass is 537 g/mol. The highest BCUT2D eigenvalue weighted by atomic mass is 35.5. The zero-order valence-corrected chi connectivity index (χ0v) is 20.3. The van der Waals surface area contributed by atoms with Crippen molar-refractivity contribution >= 4 is 38.5 Å². The van der Waals surface area contributed by atoms with Gasteiger partial charge in [-0.1, -0.05) is 35.9 Å². The maximum Gasteiger partial charge on any atom is 0.573 e. The summed E-state index contributed by atoms with van der Waals surface area (Å²) in [6.45, 7) is 1.61. The van der Waals surface area contributed by atoms with Gasteiger partial charge in [-0.05, 0) is 72.0 Å². The van der Waals surface area contributed by atoms with E-state index in [2.05, 4.69) is 4.74 Å². The number of carboxylic acids is 1. The fraction of sp³-hybridized carbons (Fsp3) is 0.160. The molecule has 0 amide bonds. The number of aryl methyl sites for hydroxylation is 1. The van der Waals surface area contributed by atoms with Crippen LogP contribution in [0, 0.1) is 6.92 Å². The number of nitrogens with zero attached hydrogens (tertiary/aromatic N) is 1. The van der Waals surface area contributed by atoms with Gasteiger partial charge in [0.05, 0.1) is 10.4 Å². The SMILES string of the molecule is Cc1c(-c2ccc(OC(F)(F)F)cc2)cccc1S(=O)(=O)n1cc(CCC(=O)O)c2cc(Cl)ccc21. The Hall–Kier alpha value is -3.50. The van der Waals surface area contributed by atoms with Crippen LogP contribution in [0.15, 0.2) is 71.8 Å². The molecular formula is C25H19ClF3NO5S. The van der Waals surface area contributed by atoms with Crippen molar-refractivity contribution in [3.05, 3.63) is 83.0 Å². The lowest BCUT2D eigenvalue weighted by atomic mass is 10.0. The largest absolute Gasteiger partial charge is 0.573 e. The zero-order valence-electron chi connectivity index (χ0n) is 18.7. The number of halogens is 4. The van der Waals surface area contributed by atoms with Gasteiger partial charge in [0.15, 0.2) is 0 Å². The van der Waals surface area contributed by atoms with Crippen LogP contribution >= 0.6 is 11.6 Å². The number of carbonyl (C=O) groups is 1. The van der Waals surface area contributed by atoms with Gasteiger partial charge >= 0.3 is 12.3 Å². The van der Waals surface area contributed by atoms with Gasteiger partial charge in [0.1, 0.15) is 5.75 Å². The first-order valence-electron chi connectivity index (χ1n) is 10.6. The summed E-state index contributed by atoms with van der Waals surface area (Å²) >= 11 is 6.11. The molecule has 0 radical (unpaired) electrons. The number of aromatic nitrogens is 1. The Labute approximate surface area is 209 Å². The molecule has 0 saturated carbocycles. The topological polar surface area (TPSA) is 85.6 Å². The van der Waals surface area contributed by atoms with Gasteiger partial charge < -0.3 is 9.84 Å². The van der Waals surface area contributed by atoms with Crippen LogP contribution in [0.25, 0.3) is 22.0 Å². The van der Waals surface area contributed by atoms with E-state index in [1.165, 1.54) is 24.4 Å². The Balaban J connectivity index is 1.79. The molecule has 0 aliphatic heterocycles. The molecule has 0 saturated heterocycles. The minimum Gasteiger partial charge on any atom is -0.481 e. The van der Waals surface area contributed by atoms with Gasteiger partial charge in [0.2, 0.25) is 0 Å². The molecule has 0 aliphatic carbocycles. The van der Waals surface area contributed by atoms with Gasteiger partial charge in [-0.15, -0.1) is 13.2 Å². The molecule has 0 unspecified atom stereocenters. The first-order chi connectivity index (χ1) is 16.9. The van der Waals surface area contributed by atoms with E-state index in [9.17, 15) is 26.4 Å². The van der Waals surface area contributed by atoms with Gasteiger partial charge in [0, 0.05) is 23.0 Å². The lowest BCUT2D eigenvalue weighted by Crippen LogP contribution is -2.17.